The second-order valence-electron chi connectivity index (χ2n) is 4.16. The second-order valence-corrected chi connectivity index (χ2v) is 4.16. The van der Waals surface area contributed by atoms with Gasteiger partial charge in [-0.2, -0.15) is 0 Å². The summed E-state index contributed by atoms with van der Waals surface area (Å²) in [5.41, 5.74) is 1.04. The molecule has 6 nitrogen and oxygen atoms in total. The molecule has 1 aromatic rings. The van der Waals surface area contributed by atoms with Gasteiger partial charge in [0.15, 0.2) is 11.6 Å². The molecule has 0 radical (unpaired) electrons. The molecule has 0 aromatic heterocycles. The van der Waals surface area contributed by atoms with Crippen molar-refractivity contribution >= 4 is 11.9 Å². The average molecular weight is 269 g/mol. The number of hydrogen-bond acceptors (Lipinski definition) is 5. The fourth-order valence-corrected chi connectivity index (χ4v) is 1.75. The minimum atomic E-state index is -1.45. The number of rotatable bonds is 3. The van der Waals surface area contributed by atoms with Crippen molar-refractivity contribution in [3.05, 3.63) is 29.6 Å². The van der Waals surface area contributed by atoms with Crippen LogP contribution in [0.5, 0.6) is 5.75 Å². The lowest BCUT2D eigenvalue weighted by molar-refractivity contribution is -0.180. The topological polar surface area (TPSA) is 77.3 Å². The van der Waals surface area contributed by atoms with Gasteiger partial charge in [-0.15, -0.1) is 0 Å². The first-order chi connectivity index (χ1) is 8.93. The third kappa shape index (κ3) is 2.75. The van der Waals surface area contributed by atoms with Crippen LogP contribution >= 0.6 is 0 Å². The van der Waals surface area contributed by atoms with E-state index in [2.05, 4.69) is 9.89 Å². The van der Waals surface area contributed by atoms with Crippen LogP contribution in [0.3, 0.4) is 0 Å². The molecule has 102 valence electrons. The fourth-order valence-electron chi connectivity index (χ4n) is 1.75. The Balaban J connectivity index is 2.19. The van der Waals surface area contributed by atoms with Crippen LogP contribution in [0.4, 0.5) is 9.18 Å². The molecule has 2 rings (SSSR count). The summed E-state index contributed by atoms with van der Waals surface area (Å²) in [5, 5.41) is 12.4. The van der Waals surface area contributed by atoms with Crippen molar-refractivity contribution in [1.82, 2.24) is 0 Å². The van der Waals surface area contributed by atoms with Gasteiger partial charge in [0.25, 0.3) is 5.79 Å². The van der Waals surface area contributed by atoms with Crippen LogP contribution < -0.4 is 4.74 Å². The molecular weight excluding hydrogens is 257 g/mol. The largest absolute Gasteiger partial charge is 0.509 e. The van der Waals surface area contributed by atoms with E-state index >= 15 is 0 Å². The van der Waals surface area contributed by atoms with E-state index in [4.69, 9.17) is 14.7 Å². The molecule has 1 aliphatic rings. The van der Waals surface area contributed by atoms with E-state index in [1.54, 1.807) is 0 Å². The van der Waals surface area contributed by atoms with Crippen molar-refractivity contribution in [2.45, 2.75) is 19.1 Å². The molecule has 0 saturated heterocycles. The zero-order valence-electron chi connectivity index (χ0n) is 10.3. The zero-order valence-corrected chi connectivity index (χ0v) is 10.3. The SMILES string of the molecule is COc1cc(C2=NOC(C)(OC(=O)O)C2)ccc1F. The van der Waals surface area contributed by atoms with E-state index < -0.39 is 17.8 Å². The van der Waals surface area contributed by atoms with Gasteiger partial charge in [-0.25, -0.2) is 9.18 Å². The maximum absolute atomic E-state index is 13.3. The molecule has 1 atom stereocenters. The predicted octanol–water partition coefficient (Wildman–Crippen LogP) is 2.37. The summed E-state index contributed by atoms with van der Waals surface area (Å²) in [6.07, 6.45) is -1.32. The standard InChI is InChI=1S/C12H12FNO5/c1-12(18-11(15)16)6-9(14-19-12)7-3-4-8(13)10(5-7)17-2/h3-5H,6H2,1-2H3,(H,15,16). The Morgan fingerprint density at radius 1 is 1.58 bits per heavy atom. The van der Waals surface area contributed by atoms with Gasteiger partial charge in [0.05, 0.1) is 19.2 Å². The van der Waals surface area contributed by atoms with E-state index in [9.17, 15) is 9.18 Å². The quantitative estimate of drug-likeness (QED) is 0.852. The molecule has 0 bridgehead atoms. The summed E-state index contributed by atoms with van der Waals surface area (Å²) >= 11 is 0. The Bertz CT molecular complexity index is 545. The van der Waals surface area contributed by atoms with Crippen LogP contribution in [0.1, 0.15) is 18.9 Å². The highest BCUT2D eigenvalue weighted by atomic mass is 19.1. The van der Waals surface area contributed by atoms with Gasteiger partial charge in [-0.1, -0.05) is 5.16 Å². The normalized spacial score (nSPS) is 21.5. The van der Waals surface area contributed by atoms with Crippen molar-refractivity contribution in [2.75, 3.05) is 7.11 Å². The number of carboxylic acid groups (broad SMARTS) is 1. The summed E-state index contributed by atoms with van der Waals surface area (Å²) in [4.78, 5) is 15.5. The van der Waals surface area contributed by atoms with E-state index in [1.807, 2.05) is 0 Å². The third-order valence-electron chi connectivity index (χ3n) is 2.63. The lowest BCUT2D eigenvalue weighted by Crippen LogP contribution is -2.31. The van der Waals surface area contributed by atoms with Gasteiger partial charge >= 0.3 is 6.16 Å². The molecule has 1 aromatic carbocycles. The summed E-state index contributed by atoms with van der Waals surface area (Å²) in [7, 11) is 1.35. The van der Waals surface area contributed by atoms with Crippen LogP contribution in [0.25, 0.3) is 0 Å². The summed E-state index contributed by atoms with van der Waals surface area (Å²) in [6.45, 7) is 1.46. The molecular formula is C12H12FNO5. The summed E-state index contributed by atoms with van der Waals surface area (Å²) in [6, 6.07) is 4.21. The minimum Gasteiger partial charge on any atom is -0.494 e. The van der Waals surface area contributed by atoms with Crippen LogP contribution in [-0.2, 0) is 9.57 Å². The number of nitrogens with zero attached hydrogens (tertiary/aromatic N) is 1. The Labute approximate surface area is 108 Å². The number of hydrogen-bond donors (Lipinski definition) is 1. The highest BCUT2D eigenvalue weighted by molar-refractivity contribution is 6.01. The van der Waals surface area contributed by atoms with Gasteiger partial charge in [0.1, 0.15) is 0 Å². The minimum absolute atomic E-state index is 0.0768. The number of benzene rings is 1. The van der Waals surface area contributed by atoms with Crippen LogP contribution in [0, 0.1) is 5.82 Å². The highest BCUT2D eigenvalue weighted by Gasteiger charge is 2.39. The molecule has 0 fully saturated rings. The lowest BCUT2D eigenvalue weighted by atomic mass is 10.0. The fraction of sp³-hybridized carbons (Fsp3) is 0.333. The van der Waals surface area contributed by atoms with Crippen molar-refractivity contribution < 1.29 is 28.6 Å². The first-order valence-electron chi connectivity index (χ1n) is 5.44. The lowest BCUT2D eigenvalue weighted by Gasteiger charge is -2.19. The van der Waals surface area contributed by atoms with Crippen molar-refractivity contribution in [2.24, 2.45) is 5.16 Å². The molecule has 0 amide bonds. The zero-order chi connectivity index (χ0) is 14.0. The molecule has 1 unspecified atom stereocenters. The monoisotopic (exact) mass is 269 g/mol. The number of carbonyl (C=O) groups is 1. The van der Waals surface area contributed by atoms with Gasteiger partial charge in [0.2, 0.25) is 0 Å². The number of ether oxygens (including phenoxy) is 2. The van der Waals surface area contributed by atoms with Crippen LogP contribution in [0.15, 0.2) is 23.4 Å². The maximum Gasteiger partial charge on any atom is 0.509 e. The van der Waals surface area contributed by atoms with Gasteiger partial charge < -0.3 is 19.4 Å². The molecule has 0 spiro atoms. The Hall–Kier alpha value is -2.31. The van der Waals surface area contributed by atoms with E-state index in [0.717, 1.165) is 0 Å². The van der Waals surface area contributed by atoms with Crippen LogP contribution in [0.2, 0.25) is 0 Å². The van der Waals surface area contributed by atoms with Crippen molar-refractivity contribution in [1.29, 1.82) is 0 Å². The molecule has 1 heterocycles. The molecule has 7 heteroatoms. The molecule has 1 aliphatic heterocycles. The van der Waals surface area contributed by atoms with Crippen molar-refractivity contribution in [3.8, 4) is 5.75 Å². The molecule has 0 aliphatic carbocycles. The van der Waals surface area contributed by atoms with Gasteiger partial charge in [0, 0.05) is 12.5 Å². The van der Waals surface area contributed by atoms with Gasteiger partial charge in [-0.05, 0) is 18.2 Å². The molecule has 1 N–H and O–H groups in total. The Morgan fingerprint density at radius 2 is 2.32 bits per heavy atom. The average Bonchev–Trinajstić information content (AvgIpc) is 2.71. The van der Waals surface area contributed by atoms with Gasteiger partial charge in [-0.3, -0.25) is 0 Å². The number of oxime groups is 1. The number of methoxy groups -OCH3 is 1. The van der Waals surface area contributed by atoms with E-state index in [1.165, 1.54) is 32.2 Å². The molecule has 0 saturated carbocycles. The highest BCUT2D eigenvalue weighted by Crippen LogP contribution is 2.29. The van der Waals surface area contributed by atoms with Crippen molar-refractivity contribution in [3.63, 3.8) is 0 Å². The predicted molar refractivity (Wildman–Crippen MR) is 62.7 cm³/mol. The van der Waals surface area contributed by atoms with Crippen LogP contribution in [-0.4, -0.2) is 29.9 Å². The van der Waals surface area contributed by atoms with E-state index in [0.29, 0.717) is 11.3 Å². The summed E-state index contributed by atoms with van der Waals surface area (Å²) < 4.78 is 22.8. The first kappa shape index (κ1) is 13.1. The second kappa shape index (κ2) is 4.75. The molecule has 19 heavy (non-hydrogen) atoms. The third-order valence-corrected chi connectivity index (χ3v) is 2.63. The summed E-state index contributed by atoms with van der Waals surface area (Å²) in [5.74, 6) is -1.77. The van der Waals surface area contributed by atoms with E-state index in [-0.39, 0.29) is 12.2 Å². The number of halogens is 1. The smallest absolute Gasteiger partial charge is 0.494 e. The Kier molecular flexibility index (Phi) is 3.28. The first-order valence-corrected chi connectivity index (χ1v) is 5.44. The Morgan fingerprint density at radius 3 is 2.95 bits per heavy atom. The maximum atomic E-state index is 13.3.